The molecule has 0 fully saturated rings. The molecule has 2 heterocycles. The van der Waals surface area contributed by atoms with Crippen molar-refractivity contribution in [2.45, 2.75) is 19.5 Å². The molecule has 0 saturated heterocycles. The van der Waals surface area contributed by atoms with Crippen LogP contribution in [0.25, 0.3) is 11.0 Å². The highest BCUT2D eigenvalue weighted by Gasteiger charge is 2.11. The van der Waals surface area contributed by atoms with Gasteiger partial charge in [0.1, 0.15) is 11.5 Å². The van der Waals surface area contributed by atoms with E-state index < -0.39 is 0 Å². The van der Waals surface area contributed by atoms with Crippen LogP contribution in [0.15, 0.2) is 53.9 Å². The molecular weight excluding hydrogens is 396 g/mol. The van der Waals surface area contributed by atoms with E-state index in [4.69, 9.17) is 5.26 Å². The molecule has 0 aliphatic heterocycles. The zero-order chi connectivity index (χ0) is 20.8. The van der Waals surface area contributed by atoms with Crippen LogP contribution in [0.1, 0.15) is 32.4 Å². The van der Waals surface area contributed by atoms with E-state index in [9.17, 15) is 4.79 Å². The number of hydrogen-bond donors (Lipinski definition) is 3. The summed E-state index contributed by atoms with van der Waals surface area (Å²) in [5.74, 6) is 0.661. The number of fused-ring (bicyclic) bond motifs is 1. The fraction of sp³-hybridized carbons (Fsp3) is 0.182. The van der Waals surface area contributed by atoms with Crippen LogP contribution in [0.5, 0.6) is 0 Å². The van der Waals surface area contributed by atoms with E-state index in [-0.39, 0.29) is 5.91 Å². The SMILES string of the molecule is N#Cc1ccccc1CNC(=O)c1csc(CCNCc2nc3ccccc3[nH]2)n1. The monoisotopic (exact) mass is 416 g/mol. The van der Waals surface area contributed by atoms with Crippen molar-refractivity contribution in [1.29, 1.82) is 5.26 Å². The minimum absolute atomic E-state index is 0.236. The number of carbonyl (C=O) groups excluding carboxylic acids is 1. The fourth-order valence-electron chi connectivity index (χ4n) is 3.07. The predicted octanol–water partition coefficient (Wildman–Crippen LogP) is 3.15. The number of rotatable bonds is 8. The Bertz CT molecular complexity index is 1170. The van der Waals surface area contributed by atoms with E-state index in [0.717, 1.165) is 40.4 Å². The molecule has 150 valence electrons. The Labute approximate surface area is 177 Å². The van der Waals surface area contributed by atoms with E-state index in [1.54, 1.807) is 17.5 Å². The van der Waals surface area contributed by atoms with Gasteiger partial charge in [-0.1, -0.05) is 30.3 Å². The van der Waals surface area contributed by atoms with Crippen LogP contribution in [0.4, 0.5) is 0 Å². The first kappa shape index (κ1) is 19.8. The van der Waals surface area contributed by atoms with Crippen LogP contribution in [0.2, 0.25) is 0 Å². The van der Waals surface area contributed by atoms with Crippen molar-refractivity contribution < 1.29 is 4.79 Å². The Morgan fingerprint density at radius 1 is 1.10 bits per heavy atom. The molecular formula is C22H20N6OS. The van der Waals surface area contributed by atoms with Crippen LogP contribution in [-0.2, 0) is 19.5 Å². The van der Waals surface area contributed by atoms with Gasteiger partial charge in [0, 0.05) is 24.9 Å². The molecule has 0 aliphatic rings. The molecule has 0 bridgehead atoms. The smallest absolute Gasteiger partial charge is 0.271 e. The van der Waals surface area contributed by atoms with Crippen molar-refractivity contribution in [2.24, 2.45) is 0 Å². The van der Waals surface area contributed by atoms with Crippen LogP contribution in [0, 0.1) is 11.3 Å². The molecule has 2 aromatic heterocycles. The standard InChI is InChI=1S/C22H20N6OS/c23-11-15-5-1-2-6-16(15)12-25-22(29)19-14-30-21(28-19)9-10-24-13-20-26-17-7-3-4-8-18(17)27-20/h1-8,14,24H,9-10,12-13H2,(H,25,29)(H,26,27). The van der Waals surface area contributed by atoms with Gasteiger partial charge < -0.3 is 15.6 Å². The lowest BCUT2D eigenvalue weighted by Gasteiger charge is -2.05. The van der Waals surface area contributed by atoms with Crippen LogP contribution >= 0.6 is 11.3 Å². The largest absolute Gasteiger partial charge is 0.347 e. The van der Waals surface area contributed by atoms with Crippen molar-refractivity contribution in [3.8, 4) is 6.07 Å². The Kier molecular flexibility index (Phi) is 6.13. The third kappa shape index (κ3) is 4.71. The maximum absolute atomic E-state index is 12.4. The van der Waals surface area contributed by atoms with Gasteiger partial charge in [-0.3, -0.25) is 4.79 Å². The van der Waals surface area contributed by atoms with Crippen LogP contribution in [-0.4, -0.2) is 27.4 Å². The average Bonchev–Trinajstić information content (AvgIpc) is 3.42. The number of amides is 1. The number of nitrogens with zero attached hydrogens (tertiary/aromatic N) is 3. The normalized spacial score (nSPS) is 10.8. The van der Waals surface area contributed by atoms with Gasteiger partial charge in [-0.25, -0.2) is 9.97 Å². The maximum Gasteiger partial charge on any atom is 0.271 e. The van der Waals surface area contributed by atoms with Gasteiger partial charge in [0.25, 0.3) is 5.91 Å². The second-order valence-electron chi connectivity index (χ2n) is 6.71. The van der Waals surface area contributed by atoms with Gasteiger partial charge >= 0.3 is 0 Å². The summed E-state index contributed by atoms with van der Waals surface area (Å²) in [6.07, 6.45) is 0.732. The average molecular weight is 417 g/mol. The van der Waals surface area contributed by atoms with Crippen molar-refractivity contribution in [3.63, 3.8) is 0 Å². The highest BCUT2D eigenvalue weighted by molar-refractivity contribution is 7.09. The highest BCUT2D eigenvalue weighted by atomic mass is 32.1. The van der Waals surface area contributed by atoms with E-state index in [1.807, 2.05) is 36.4 Å². The number of nitriles is 1. The van der Waals surface area contributed by atoms with E-state index >= 15 is 0 Å². The number of thiazole rings is 1. The van der Waals surface area contributed by atoms with E-state index in [1.165, 1.54) is 11.3 Å². The number of para-hydroxylation sites is 2. The maximum atomic E-state index is 12.4. The lowest BCUT2D eigenvalue weighted by molar-refractivity contribution is 0.0946. The quantitative estimate of drug-likeness (QED) is 0.383. The summed E-state index contributed by atoms with van der Waals surface area (Å²) in [5.41, 5.74) is 3.75. The fourth-order valence-corrected chi connectivity index (χ4v) is 3.85. The summed E-state index contributed by atoms with van der Waals surface area (Å²) in [4.78, 5) is 24.6. The number of benzene rings is 2. The minimum Gasteiger partial charge on any atom is -0.347 e. The molecule has 8 heteroatoms. The van der Waals surface area contributed by atoms with Crippen LogP contribution in [0.3, 0.4) is 0 Å². The Morgan fingerprint density at radius 2 is 1.93 bits per heavy atom. The molecule has 2 aromatic carbocycles. The molecule has 1 amide bonds. The number of carbonyl (C=O) groups is 1. The van der Waals surface area contributed by atoms with E-state index in [2.05, 4.69) is 31.7 Å². The van der Waals surface area contributed by atoms with Crippen molar-refractivity contribution in [1.82, 2.24) is 25.6 Å². The predicted molar refractivity (Wildman–Crippen MR) is 116 cm³/mol. The highest BCUT2D eigenvalue weighted by Crippen LogP contribution is 2.12. The molecule has 0 aliphatic carbocycles. The third-order valence-electron chi connectivity index (χ3n) is 4.61. The second kappa shape index (κ2) is 9.31. The lowest BCUT2D eigenvalue weighted by atomic mass is 10.1. The third-order valence-corrected chi connectivity index (χ3v) is 5.52. The topological polar surface area (TPSA) is 106 Å². The van der Waals surface area contributed by atoms with Gasteiger partial charge in [-0.15, -0.1) is 11.3 Å². The van der Waals surface area contributed by atoms with E-state index in [0.29, 0.717) is 24.3 Å². The Balaban J connectivity index is 1.24. The first-order chi connectivity index (χ1) is 14.7. The summed E-state index contributed by atoms with van der Waals surface area (Å²) in [6.45, 7) is 1.68. The number of imidazole rings is 1. The number of nitrogens with one attached hydrogen (secondary N) is 3. The molecule has 0 atom stereocenters. The zero-order valence-corrected chi connectivity index (χ0v) is 17.0. The van der Waals surface area contributed by atoms with Crippen molar-refractivity contribution in [2.75, 3.05) is 6.54 Å². The summed E-state index contributed by atoms with van der Waals surface area (Å²) in [7, 11) is 0. The van der Waals surface area contributed by atoms with Gasteiger partial charge in [0.15, 0.2) is 0 Å². The molecule has 30 heavy (non-hydrogen) atoms. The number of H-pyrrole nitrogens is 1. The molecule has 0 unspecified atom stereocenters. The Morgan fingerprint density at radius 3 is 2.80 bits per heavy atom. The minimum atomic E-state index is -0.236. The molecule has 0 radical (unpaired) electrons. The molecule has 7 nitrogen and oxygen atoms in total. The second-order valence-corrected chi connectivity index (χ2v) is 7.65. The summed E-state index contributed by atoms with van der Waals surface area (Å²) in [6, 6.07) is 17.3. The molecule has 4 aromatic rings. The first-order valence-corrected chi connectivity index (χ1v) is 10.5. The van der Waals surface area contributed by atoms with Gasteiger partial charge in [0.05, 0.1) is 34.2 Å². The van der Waals surface area contributed by atoms with Gasteiger partial charge in [-0.05, 0) is 23.8 Å². The lowest BCUT2D eigenvalue weighted by Crippen LogP contribution is -2.23. The molecule has 0 spiro atoms. The van der Waals surface area contributed by atoms with Gasteiger partial charge in [0.2, 0.25) is 0 Å². The Hall–Kier alpha value is -3.54. The molecule has 3 N–H and O–H groups in total. The summed E-state index contributed by atoms with van der Waals surface area (Å²) < 4.78 is 0. The van der Waals surface area contributed by atoms with Gasteiger partial charge in [-0.2, -0.15) is 5.26 Å². The number of aromatic amines is 1. The first-order valence-electron chi connectivity index (χ1n) is 9.58. The number of hydrogen-bond acceptors (Lipinski definition) is 6. The number of aromatic nitrogens is 3. The zero-order valence-electron chi connectivity index (χ0n) is 16.2. The van der Waals surface area contributed by atoms with Crippen LogP contribution < -0.4 is 10.6 Å². The van der Waals surface area contributed by atoms with Crippen molar-refractivity contribution >= 4 is 28.3 Å². The van der Waals surface area contributed by atoms with Crippen molar-refractivity contribution in [3.05, 3.63) is 81.6 Å². The summed E-state index contributed by atoms with van der Waals surface area (Å²) in [5, 5.41) is 18.0. The molecule has 0 saturated carbocycles. The molecule has 4 rings (SSSR count). The summed E-state index contributed by atoms with van der Waals surface area (Å²) >= 11 is 1.47.